The summed E-state index contributed by atoms with van der Waals surface area (Å²) in [5.41, 5.74) is 1.21. The maximum Gasteiger partial charge on any atom is 0.310 e. The maximum atomic E-state index is 11.5. The number of nitrogens with one attached hydrogen (secondary N) is 1. The van der Waals surface area contributed by atoms with Crippen LogP contribution in [-0.4, -0.2) is 21.0 Å². The molecule has 3 rings (SSSR count). The lowest BCUT2D eigenvalue weighted by Crippen LogP contribution is -2.30. The number of imidazole rings is 1. The third-order valence-corrected chi connectivity index (χ3v) is 4.51. The highest BCUT2D eigenvalue weighted by Crippen LogP contribution is 2.41. The van der Waals surface area contributed by atoms with Crippen LogP contribution in [0.1, 0.15) is 31.5 Å². The highest BCUT2D eigenvalue weighted by Gasteiger charge is 2.42. The van der Waals surface area contributed by atoms with E-state index >= 15 is 0 Å². The van der Waals surface area contributed by atoms with Gasteiger partial charge in [-0.2, -0.15) is 0 Å². The van der Waals surface area contributed by atoms with Crippen molar-refractivity contribution in [2.75, 3.05) is 0 Å². The van der Waals surface area contributed by atoms with Crippen LogP contribution in [0.15, 0.2) is 22.7 Å². The van der Waals surface area contributed by atoms with Crippen molar-refractivity contribution in [2.45, 2.75) is 32.1 Å². The van der Waals surface area contributed by atoms with Crippen molar-refractivity contribution in [3.05, 3.63) is 28.5 Å². The van der Waals surface area contributed by atoms with Crippen molar-refractivity contribution in [1.29, 1.82) is 0 Å². The second-order valence-corrected chi connectivity index (χ2v) is 6.23. The van der Waals surface area contributed by atoms with Gasteiger partial charge < -0.3 is 10.1 Å². The zero-order chi connectivity index (χ0) is 13.5. The first-order chi connectivity index (χ1) is 9.09. The van der Waals surface area contributed by atoms with E-state index in [1.807, 2.05) is 18.2 Å². The Kier molecular flexibility index (Phi) is 3.09. The topological polar surface area (TPSA) is 66.0 Å². The molecule has 4 nitrogen and oxygen atoms in total. The van der Waals surface area contributed by atoms with E-state index in [0.717, 1.165) is 47.0 Å². The molecule has 0 spiro atoms. The fourth-order valence-corrected chi connectivity index (χ4v) is 3.32. The van der Waals surface area contributed by atoms with Crippen molar-refractivity contribution >= 4 is 32.9 Å². The number of carboxylic acid groups (broad SMARTS) is 1. The summed E-state index contributed by atoms with van der Waals surface area (Å²) in [6.45, 7) is 0. The molecule has 100 valence electrons. The summed E-state index contributed by atoms with van der Waals surface area (Å²) in [5.74, 6) is 0.0871. The van der Waals surface area contributed by atoms with E-state index in [1.165, 1.54) is 0 Å². The fraction of sp³-hybridized carbons (Fsp3) is 0.429. The molecule has 1 aliphatic rings. The Labute approximate surface area is 119 Å². The van der Waals surface area contributed by atoms with Crippen LogP contribution in [0.2, 0.25) is 0 Å². The van der Waals surface area contributed by atoms with Crippen LogP contribution in [-0.2, 0) is 11.2 Å². The van der Waals surface area contributed by atoms with Gasteiger partial charge >= 0.3 is 5.97 Å². The molecule has 0 atom stereocenters. The van der Waals surface area contributed by atoms with Crippen molar-refractivity contribution in [2.24, 2.45) is 5.41 Å². The molecule has 19 heavy (non-hydrogen) atoms. The number of fused-ring (bicyclic) bond motifs is 1. The van der Waals surface area contributed by atoms with Crippen LogP contribution in [0.5, 0.6) is 0 Å². The van der Waals surface area contributed by atoms with Gasteiger partial charge in [-0.15, -0.1) is 0 Å². The summed E-state index contributed by atoms with van der Waals surface area (Å²) in [6, 6.07) is 5.84. The van der Waals surface area contributed by atoms with Crippen LogP contribution < -0.4 is 0 Å². The number of carbonyl (C=O) groups is 1. The number of carboxylic acids is 1. The van der Waals surface area contributed by atoms with Crippen LogP contribution >= 0.6 is 15.9 Å². The number of aromatic nitrogens is 2. The summed E-state index contributed by atoms with van der Waals surface area (Å²) in [5, 5.41) is 9.49. The molecule has 1 heterocycles. The number of aromatic amines is 1. The van der Waals surface area contributed by atoms with Gasteiger partial charge in [-0.05, 0) is 31.0 Å². The first kappa shape index (κ1) is 12.7. The molecule has 0 amide bonds. The molecule has 0 saturated heterocycles. The lowest BCUT2D eigenvalue weighted by Gasteiger charge is -2.22. The van der Waals surface area contributed by atoms with Gasteiger partial charge in [-0.3, -0.25) is 4.79 Å². The fourth-order valence-electron chi connectivity index (χ4n) is 2.96. The number of rotatable bonds is 3. The first-order valence-electron chi connectivity index (χ1n) is 6.47. The number of H-pyrrole nitrogens is 1. The summed E-state index contributed by atoms with van der Waals surface area (Å²) in [4.78, 5) is 19.3. The van der Waals surface area contributed by atoms with Crippen molar-refractivity contribution < 1.29 is 9.90 Å². The SMILES string of the molecule is O=C(O)C1(Cc2nc3ccc(Br)cc3[nH]2)CCCC1. The van der Waals surface area contributed by atoms with E-state index in [4.69, 9.17) is 0 Å². The summed E-state index contributed by atoms with van der Waals surface area (Å²) in [6.07, 6.45) is 4.00. The number of hydrogen-bond donors (Lipinski definition) is 2. The average Bonchev–Trinajstić information content (AvgIpc) is 2.96. The number of halogens is 1. The standard InChI is InChI=1S/C14H15BrN2O2/c15-9-3-4-10-11(7-9)17-12(16-10)8-14(13(18)19)5-1-2-6-14/h3-4,7H,1-2,5-6,8H2,(H,16,17)(H,18,19). The van der Waals surface area contributed by atoms with Crippen molar-refractivity contribution in [3.63, 3.8) is 0 Å². The molecule has 0 aliphatic heterocycles. The normalized spacial score (nSPS) is 17.9. The lowest BCUT2D eigenvalue weighted by molar-refractivity contribution is -0.148. The van der Waals surface area contributed by atoms with E-state index < -0.39 is 11.4 Å². The molecule has 2 N–H and O–H groups in total. The molecule has 0 radical (unpaired) electrons. The van der Waals surface area contributed by atoms with Gasteiger partial charge in [0.25, 0.3) is 0 Å². The molecule has 0 bridgehead atoms. The predicted octanol–water partition coefficient (Wildman–Crippen LogP) is 3.51. The van der Waals surface area contributed by atoms with Gasteiger partial charge in [0.2, 0.25) is 0 Å². The highest BCUT2D eigenvalue weighted by molar-refractivity contribution is 9.10. The summed E-state index contributed by atoms with van der Waals surface area (Å²) < 4.78 is 0.990. The second kappa shape index (κ2) is 4.63. The quantitative estimate of drug-likeness (QED) is 0.908. The molecule has 5 heteroatoms. The molecule has 1 aromatic carbocycles. The van der Waals surface area contributed by atoms with Gasteiger partial charge in [0.05, 0.1) is 16.4 Å². The average molecular weight is 323 g/mol. The van der Waals surface area contributed by atoms with Gasteiger partial charge in [-0.1, -0.05) is 28.8 Å². The Morgan fingerprint density at radius 1 is 1.42 bits per heavy atom. The molecule has 1 aliphatic carbocycles. The van der Waals surface area contributed by atoms with Crippen molar-refractivity contribution in [1.82, 2.24) is 9.97 Å². The van der Waals surface area contributed by atoms with Gasteiger partial charge in [-0.25, -0.2) is 4.98 Å². The molecule has 1 saturated carbocycles. The molecular formula is C14H15BrN2O2. The number of aliphatic carboxylic acids is 1. The van der Waals surface area contributed by atoms with E-state index in [9.17, 15) is 9.90 Å². The Balaban J connectivity index is 1.94. The van der Waals surface area contributed by atoms with Gasteiger partial charge in [0, 0.05) is 10.9 Å². The van der Waals surface area contributed by atoms with E-state index in [-0.39, 0.29) is 0 Å². The lowest BCUT2D eigenvalue weighted by atomic mass is 9.82. The Morgan fingerprint density at radius 3 is 2.84 bits per heavy atom. The Morgan fingerprint density at radius 2 is 2.16 bits per heavy atom. The van der Waals surface area contributed by atoms with Crippen LogP contribution in [0.4, 0.5) is 0 Å². The molecule has 1 aromatic heterocycles. The third-order valence-electron chi connectivity index (χ3n) is 4.01. The monoisotopic (exact) mass is 322 g/mol. The first-order valence-corrected chi connectivity index (χ1v) is 7.26. The summed E-state index contributed by atoms with van der Waals surface area (Å²) >= 11 is 3.42. The summed E-state index contributed by atoms with van der Waals surface area (Å²) in [7, 11) is 0. The molecular weight excluding hydrogens is 308 g/mol. The minimum atomic E-state index is -0.688. The van der Waals surface area contributed by atoms with Crippen LogP contribution in [0, 0.1) is 5.41 Å². The van der Waals surface area contributed by atoms with E-state index in [1.54, 1.807) is 0 Å². The maximum absolute atomic E-state index is 11.5. The van der Waals surface area contributed by atoms with Gasteiger partial charge in [0.1, 0.15) is 5.82 Å². The van der Waals surface area contributed by atoms with E-state index in [0.29, 0.717) is 6.42 Å². The van der Waals surface area contributed by atoms with Crippen LogP contribution in [0.25, 0.3) is 11.0 Å². The zero-order valence-electron chi connectivity index (χ0n) is 10.4. The van der Waals surface area contributed by atoms with E-state index in [2.05, 4.69) is 25.9 Å². The smallest absolute Gasteiger partial charge is 0.310 e. The Bertz CT molecular complexity index is 629. The number of benzene rings is 1. The largest absolute Gasteiger partial charge is 0.481 e. The zero-order valence-corrected chi connectivity index (χ0v) is 12.0. The van der Waals surface area contributed by atoms with Crippen molar-refractivity contribution in [3.8, 4) is 0 Å². The third kappa shape index (κ3) is 2.27. The molecule has 2 aromatic rings. The second-order valence-electron chi connectivity index (χ2n) is 5.31. The molecule has 0 unspecified atom stereocenters. The van der Waals surface area contributed by atoms with Crippen LogP contribution in [0.3, 0.4) is 0 Å². The Hall–Kier alpha value is -1.36. The predicted molar refractivity (Wildman–Crippen MR) is 76.0 cm³/mol. The molecule has 1 fully saturated rings. The minimum Gasteiger partial charge on any atom is -0.481 e. The van der Waals surface area contributed by atoms with Gasteiger partial charge in [0.15, 0.2) is 0 Å². The minimum absolute atomic E-state index is 0.495. The highest BCUT2D eigenvalue weighted by atomic mass is 79.9. The number of nitrogens with zero attached hydrogens (tertiary/aromatic N) is 1. The number of hydrogen-bond acceptors (Lipinski definition) is 2.